The summed E-state index contributed by atoms with van der Waals surface area (Å²) in [7, 11) is 0. The summed E-state index contributed by atoms with van der Waals surface area (Å²) in [5, 5.41) is 7.10. The lowest BCUT2D eigenvalue weighted by molar-refractivity contribution is 1.45. The first-order chi connectivity index (χ1) is 1.41. The van der Waals surface area contributed by atoms with Crippen LogP contribution < -0.4 is 5.73 Å². The zero-order valence-corrected chi connectivity index (χ0v) is 3.65. The Labute approximate surface area is 28.2 Å². The van der Waals surface area contributed by atoms with Gasteiger partial charge in [-0.3, -0.25) is 0 Å². The molecular weight excluding hydrogens is 71.0 g/mol. The predicted molar refractivity (Wildman–Crippen MR) is 20.9 cm³/mol. The molecule has 2 nitrogen and oxygen atoms in total. The van der Waals surface area contributed by atoms with Gasteiger partial charge in [0.25, 0.3) is 0 Å². The summed E-state index contributed by atoms with van der Waals surface area (Å²) in [5.41, 5.74) is 4.15. The molecule has 2 N–H and O–H groups in total. The van der Waals surface area contributed by atoms with E-state index < -0.39 is 0 Å². The van der Waals surface area contributed by atoms with E-state index in [4.69, 9.17) is 5.26 Å². The van der Waals surface area contributed by atoms with E-state index in [-0.39, 0.29) is 9.90 Å². The van der Waals surface area contributed by atoms with Crippen molar-refractivity contribution in [2.45, 2.75) is 0 Å². The molecule has 0 radical (unpaired) electrons. The van der Waals surface area contributed by atoms with E-state index in [1.54, 1.807) is 0 Å². The molecule has 4 heavy (non-hydrogen) atoms. The third-order valence-electron chi connectivity index (χ3n) is 0. The van der Waals surface area contributed by atoms with Gasteiger partial charge in [0, 0.05) is 0 Å². The molecule has 3 heteroatoms. The number of hydrogen-bond donors (Lipinski definition) is 1. The smallest absolute Gasteiger partial charge is 0.173 e. The Balaban J connectivity index is 0. The van der Waals surface area contributed by atoms with Crippen LogP contribution in [0.4, 0.5) is 0 Å². The number of nitrogens with two attached hydrogens (primary N) is 1. The van der Waals surface area contributed by atoms with Crippen molar-refractivity contribution >= 4 is 9.90 Å². The lowest BCUT2D eigenvalue weighted by Gasteiger charge is -1.24. The molecule has 1 unspecified atom stereocenters. The van der Waals surface area contributed by atoms with Crippen LogP contribution in [-0.2, 0) is 0 Å². The van der Waals surface area contributed by atoms with E-state index in [9.17, 15) is 0 Å². The summed E-state index contributed by atoms with van der Waals surface area (Å²) in [6.45, 7) is 0. The standard InChI is InChI=1S/CH2N2.H3P/c2-1-3;/h2H2;1H3. The van der Waals surface area contributed by atoms with Crippen molar-refractivity contribution in [1.29, 1.82) is 5.26 Å². The molecule has 0 saturated carbocycles. The Kier molecular flexibility index (Phi) is 36.1. The van der Waals surface area contributed by atoms with Crippen molar-refractivity contribution in [1.82, 2.24) is 0 Å². The third-order valence-corrected chi connectivity index (χ3v) is 0. The fraction of sp³-hybridized carbons (Fsp3) is 0. The lowest BCUT2D eigenvalue weighted by atomic mass is 11.5. The average molecular weight is 76.0 g/mol. The molecule has 0 aliphatic rings. The summed E-state index contributed by atoms with van der Waals surface area (Å²) < 4.78 is 0. The maximum absolute atomic E-state index is 7.10. The second kappa shape index (κ2) is 15.5. The predicted octanol–water partition coefficient (Wildman–Crippen LogP) is -0.516. The Morgan fingerprint density at radius 2 is 1.75 bits per heavy atom. The molecule has 0 fully saturated rings. The minimum atomic E-state index is 0. The van der Waals surface area contributed by atoms with E-state index in [2.05, 4.69) is 5.73 Å². The monoisotopic (exact) mass is 76.0 g/mol. The van der Waals surface area contributed by atoms with Crippen LogP contribution in [0.1, 0.15) is 0 Å². The molecule has 0 aliphatic heterocycles. The highest BCUT2D eigenvalue weighted by Crippen LogP contribution is 0.900. The van der Waals surface area contributed by atoms with Crippen LogP contribution in [0.5, 0.6) is 0 Å². The average Bonchev–Trinajstić information content (AvgIpc) is 0.918. The normalized spacial score (nSPS) is 1.75. The van der Waals surface area contributed by atoms with Crippen LogP contribution in [0.3, 0.4) is 0 Å². The molecule has 0 amide bonds. The maximum Gasteiger partial charge on any atom is 0.173 e. The highest BCUT2D eigenvalue weighted by Gasteiger charge is 1.12. The maximum atomic E-state index is 7.10. The van der Waals surface area contributed by atoms with Crippen molar-refractivity contribution in [3.8, 4) is 6.19 Å². The molecule has 0 heterocycles. The van der Waals surface area contributed by atoms with Crippen LogP contribution in [0.25, 0.3) is 0 Å². The SMILES string of the molecule is N#CN.P. The van der Waals surface area contributed by atoms with Gasteiger partial charge < -0.3 is 5.73 Å². The van der Waals surface area contributed by atoms with Crippen LogP contribution in [-0.4, -0.2) is 0 Å². The van der Waals surface area contributed by atoms with Crippen molar-refractivity contribution in [2.75, 3.05) is 0 Å². The quantitative estimate of drug-likeness (QED) is 0.240. The van der Waals surface area contributed by atoms with Crippen molar-refractivity contribution in [2.24, 2.45) is 5.73 Å². The fourth-order valence-electron chi connectivity index (χ4n) is 0. The third kappa shape index (κ3) is 11.4. The molecule has 0 aliphatic carbocycles. The van der Waals surface area contributed by atoms with Crippen molar-refractivity contribution < 1.29 is 0 Å². The zero-order chi connectivity index (χ0) is 2.71. The molecule has 1 atom stereocenters. The topological polar surface area (TPSA) is 49.8 Å². The fourth-order valence-corrected chi connectivity index (χ4v) is 0. The summed E-state index contributed by atoms with van der Waals surface area (Å²) in [6.07, 6.45) is 1.25. The highest BCUT2D eigenvalue weighted by molar-refractivity contribution is 6.92. The first-order valence-corrected chi connectivity index (χ1v) is 0.512. The number of nitriles is 1. The minimum Gasteiger partial charge on any atom is -0.337 e. The van der Waals surface area contributed by atoms with E-state index in [1.807, 2.05) is 0 Å². The number of nitrogens with zero attached hydrogens (tertiary/aromatic N) is 1. The van der Waals surface area contributed by atoms with Gasteiger partial charge in [0.1, 0.15) is 0 Å². The molecular formula is CH5N2P. The first-order valence-electron chi connectivity index (χ1n) is 0.512. The largest absolute Gasteiger partial charge is 0.337 e. The Hall–Kier alpha value is -0.280. The van der Waals surface area contributed by atoms with Crippen LogP contribution >= 0.6 is 9.90 Å². The van der Waals surface area contributed by atoms with Crippen molar-refractivity contribution in [3.05, 3.63) is 0 Å². The van der Waals surface area contributed by atoms with Gasteiger partial charge in [0.2, 0.25) is 0 Å². The van der Waals surface area contributed by atoms with E-state index in [1.165, 1.54) is 6.19 Å². The highest BCUT2D eigenvalue weighted by atomic mass is 31.0. The molecule has 0 aromatic carbocycles. The van der Waals surface area contributed by atoms with Gasteiger partial charge >= 0.3 is 0 Å². The molecule has 0 spiro atoms. The van der Waals surface area contributed by atoms with E-state index in [0.717, 1.165) is 0 Å². The summed E-state index contributed by atoms with van der Waals surface area (Å²) in [5.74, 6) is 0. The minimum absolute atomic E-state index is 0. The molecule has 0 aromatic rings. The van der Waals surface area contributed by atoms with Crippen molar-refractivity contribution in [3.63, 3.8) is 0 Å². The van der Waals surface area contributed by atoms with E-state index >= 15 is 0 Å². The van der Waals surface area contributed by atoms with E-state index in [0.29, 0.717) is 0 Å². The van der Waals surface area contributed by atoms with Crippen LogP contribution in [0.2, 0.25) is 0 Å². The van der Waals surface area contributed by atoms with Crippen LogP contribution in [0.15, 0.2) is 0 Å². The summed E-state index contributed by atoms with van der Waals surface area (Å²) >= 11 is 0. The first kappa shape index (κ1) is 9.30. The Morgan fingerprint density at radius 3 is 1.75 bits per heavy atom. The Morgan fingerprint density at radius 1 is 1.75 bits per heavy atom. The molecule has 0 rings (SSSR count). The second-order valence-corrected chi connectivity index (χ2v) is 0.129. The molecule has 0 aromatic heterocycles. The zero-order valence-electron chi connectivity index (χ0n) is 2.23. The van der Waals surface area contributed by atoms with Gasteiger partial charge in [0.05, 0.1) is 0 Å². The molecule has 0 bridgehead atoms. The molecule has 0 saturated heterocycles. The van der Waals surface area contributed by atoms with Gasteiger partial charge in [-0.05, 0) is 0 Å². The Bertz CT molecular complexity index is 27.5. The summed E-state index contributed by atoms with van der Waals surface area (Å²) in [6, 6.07) is 0. The lowest BCUT2D eigenvalue weighted by Crippen LogP contribution is -1.69. The van der Waals surface area contributed by atoms with Gasteiger partial charge in [-0.15, -0.1) is 0 Å². The van der Waals surface area contributed by atoms with Crippen LogP contribution in [0, 0.1) is 11.5 Å². The molecule has 24 valence electrons. The number of hydrogen-bond acceptors (Lipinski definition) is 2. The van der Waals surface area contributed by atoms with Gasteiger partial charge in [-0.2, -0.15) is 15.2 Å². The van der Waals surface area contributed by atoms with Gasteiger partial charge in [-0.1, -0.05) is 0 Å². The van der Waals surface area contributed by atoms with Gasteiger partial charge in [0.15, 0.2) is 6.19 Å². The summed E-state index contributed by atoms with van der Waals surface area (Å²) in [4.78, 5) is 0. The van der Waals surface area contributed by atoms with Gasteiger partial charge in [-0.25, -0.2) is 0 Å². The second-order valence-electron chi connectivity index (χ2n) is 0.129. The number of rotatable bonds is 0.